The molecule has 1 aromatic heterocycles. The summed E-state index contributed by atoms with van der Waals surface area (Å²) in [5.41, 5.74) is 0.505. The number of aromatic nitrogens is 1. The number of rotatable bonds is 1. The maximum Gasteiger partial charge on any atom is 0.327 e. The van der Waals surface area contributed by atoms with Crippen molar-refractivity contribution in [3.05, 3.63) is 24.0 Å². The van der Waals surface area contributed by atoms with Gasteiger partial charge >= 0.3 is 6.03 Å². The van der Waals surface area contributed by atoms with E-state index in [1.54, 1.807) is 26.4 Å². The van der Waals surface area contributed by atoms with E-state index in [-0.39, 0.29) is 6.03 Å². The van der Waals surface area contributed by atoms with Crippen LogP contribution in [0.5, 0.6) is 0 Å². The summed E-state index contributed by atoms with van der Waals surface area (Å²) in [4.78, 5) is 23.0. The van der Waals surface area contributed by atoms with E-state index in [1.165, 1.54) is 15.7 Å². The predicted molar refractivity (Wildman–Crippen MR) is 44.3 cm³/mol. The Bertz CT molecular complexity index is 302. The Labute approximate surface area is 70.4 Å². The molecule has 1 aromatic rings. The Morgan fingerprint density at radius 3 is 2.67 bits per heavy atom. The van der Waals surface area contributed by atoms with Gasteiger partial charge in [-0.25, -0.2) is 4.79 Å². The fourth-order valence-corrected chi connectivity index (χ4v) is 0.833. The molecule has 0 aromatic carbocycles. The first-order valence-electron chi connectivity index (χ1n) is 3.50. The van der Waals surface area contributed by atoms with Gasteiger partial charge in [-0.2, -0.15) is 0 Å². The third-order valence-corrected chi connectivity index (χ3v) is 1.46. The molecule has 1 rings (SSSR count). The Kier molecular flexibility index (Phi) is 2.28. The van der Waals surface area contributed by atoms with Crippen LogP contribution in [0, 0.1) is 0 Å². The summed E-state index contributed by atoms with van der Waals surface area (Å²) >= 11 is 0. The van der Waals surface area contributed by atoms with Crippen LogP contribution in [0.2, 0.25) is 0 Å². The van der Waals surface area contributed by atoms with Gasteiger partial charge in [0.2, 0.25) is 0 Å². The van der Waals surface area contributed by atoms with Crippen LogP contribution >= 0.6 is 0 Å². The lowest BCUT2D eigenvalue weighted by molar-refractivity contribution is 0.112. The average Bonchev–Trinajstić information content (AvgIpc) is 2.50. The Morgan fingerprint density at radius 1 is 1.58 bits per heavy atom. The van der Waals surface area contributed by atoms with Gasteiger partial charge in [0.05, 0.1) is 0 Å². The number of aldehydes is 1. The second-order valence-corrected chi connectivity index (χ2v) is 2.65. The smallest absolute Gasteiger partial charge is 0.327 e. The second kappa shape index (κ2) is 3.21. The topological polar surface area (TPSA) is 42.3 Å². The van der Waals surface area contributed by atoms with Crippen LogP contribution < -0.4 is 0 Å². The number of nitrogens with zero attached hydrogens (tertiary/aromatic N) is 2. The number of hydrogen-bond acceptors (Lipinski definition) is 2. The van der Waals surface area contributed by atoms with Crippen LogP contribution in [-0.4, -0.2) is 35.9 Å². The minimum absolute atomic E-state index is 0.164. The zero-order valence-corrected chi connectivity index (χ0v) is 7.02. The number of hydrogen-bond donors (Lipinski definition) is 0. The highest BCUT2D eigenvalue weighted by Gasteiger charge is 2.05. The molecule has 0 aliphatic rings. The standard InChI is InChI=1S/C8H10N2O2/c1-9(2)8(12)10-4-3-7(5-10)6-11/h3-6H,1-2H3. The fraction of sp³-hybridized carbons (Fsp3) is 0.250. The Hall–Kier alpha value is -1.58. The molecule has 4 nitrogen and oxygen atoms in total. The molecule has 64 valence electrons. The van der Waals surface area contributed by atoms with Crippen molar-refractivity contribution in [2.45, 2.75) is 0 Å². The molecule has 0 aliphatic heterocycles. The molecule has 0 aliphatic carbocycles. The van der Waals surface area contributed by atoms with Crippen molar-refractivity contribution >= 4 is 12.3 Å². The van der Waals surface area contributed by atoms with Crippen molar-refractivity contribution in [1.82, 2.24) is 9.47 Å². The lowest BCUT2D eigenvalue weighted by atomic mass is 10.4. The first-order valence-corrected chi connectivity index (χ1v) is 3.50. The van der Waals surface area contributed by atoms with Gasteiger partial charge in [0.15, 0.2) is 6.29 Å². The molecule has 0 saturated heterocycles. The third-order valence-electron chi connectivity index (χ3n) is 1.46. The van der Waals surface area contributed by atoms with Crippen molar-refractivity contribution in [2.24, 2.45) is 0 Å². The van der Waals surface area contributed by atoms with E-state index in [1.807, 2.05) is 0 Å². The van der Waals surface area contributed by atoms with Gasteiger partial charge in [-0.3, -0.25) is 9.36 Å². The van der Waals surface area contributed by atoms with Gasteiger partial charge < -0.3 is 4.90 Å². The minimum Gasteiger partial charge on any atom is -0.330 e. The van der Waals surface area contributed by atoms with E-state index >= 15 is 0 Å². The second-order valence-electron chi connectivity index (χ2n) is 2.65. The third kappa shape index (κ3) is 1.53. The Balaban J connectivity index is 2.89. The summed E-state index contributed by atoms with van der Waals surface area (Å²) in [6.45, 7) is 0. The van der Waals surface area contributed by atoms with E-state index in [4.69, 9.17) is 0 Å². The molecule has 1 amide bonds. The van der Waals surface area contributed by atoms with E-state index in [2.05, 4.69) is 0 Å². The lowest BCUT2D eigenvalue weighted by Crippen LogP contribution is -2.26. The molecule has 0 bridgehead atoms. The van der Waals surface area contributed by atoms with Crippen LogP contribution in [0.15, 0.2) is 18.5 Å². The summed E-state index contributed by atoms with van der Waals surface area (Å²) in [6.07, 6.45) is 3.76. The van der Waals surface area contributed by atoms with Crippen molar-refractivity contribution in [2.75, 3.05) is 14.1 Å². The van der Waals surface area contributed by atoms with E-state index in [0.717, 1.165) is 0 Å². The first-order chi connectivity index (χ1) is 5.65. The molecule has 0 atom stereocenters. The van der Waals surface area contributed by atoms with Gasteiger partial charge in [0.1, 0.15) is 0 Å². The normalized spacial score (nSPS) is 9.50. The van der Waals surface area contributed by atoms with E-state index in [9.17, 15) is 9.59 Å². The number of amides is 1. The molecule has 0 N–H and O–H groups in total. The SMILES string of the molecule is CN(C)C(=O)n1ccc(C=O)c1. The summed E-state index contributed by atoms with van der Waals surface area (Å²) < 4.78 is 1.36. The van der Waals surface area contributed by atoms with Crippen LogP contribution in [0.1, 0.15) is 10.4 Å². The van der Waals surface area contributed by atoms with Gasteiger partial charge in [-0.05, 0) is 6.07 Å². The summed E-state index contributed by atoms with van der Waals surface area (Å²) in [5.74, 6) is 0. The van der Waals surface area contributed by atoms with Crippen LogP contribution in [0.3, 0.4) is 0 Å². The highest BCUT2D eigenvalue weighted by atomic mass is 16.2. The van der Waals surface area contributed by atoms with Crippen LogP contribution in [0.25, 0.3) is 0 Å². The molecule has 4 heteroatoms. The maximum absolute atomic E-state index is 11.2. The van der Waals surface area contributed by atoms with Crippen LogP contribution in [-0.2, 0) is 0 Å². The van der Waals surface area contributed by atoms with E-state index < -0.39 is 0 Å². The molecule has 0 radical (unpaired) electrons. The molecule has 0 saturated carbocycles. The van der Waals surface area contributed by atoms with Gasteiger partial charge in [-0.15, -0.1) is 0 Å². The molecule has 1 heterocycles. The maximum atomic E-state index is 11.2. The summed E-state index contributed by atoms with van der Waals surface area (Å²) in [6, 6.07) is 1.43. The average molecular weight is 166 g/mol. The molecule has 0 unspecified atom stereocenters. The van der Waals surface area contributed by atoms with E-state index in [0.29, 0.717) is 11.8 Å². The Morgan fingerprint density at radius 2 is 2.25 bits per heavy atom. The van der Waals surface area contributed by atoms with Crippen molar-refractivity contribution < 1.29 is 9.59 Å². The molecular weight excluding hydrogens is 156 g/mol. The van der Waals surface area contributed by atoms with Crippen LogP contribution in [0.4, 0.5) is 4.79 Å². The molecular formula is C8H10N2O2. The monoisotopic (exact) mass is 166 g/mol. The van der Waals surface area contributed by atoms with Gasteiger partial charge in [-0.1, -0.05) is 0 Å². The molecule has 12 heavy (non-hydrogen) atoms. The largest absolute Gasteiger partial charge is 0.330 e. The number of carbonyl (C=O) groups excluding carboxylic acids is 2. The van der Waals surface area contributed by atoms with Gasteiger partial charge in [0.25, 0.3) is 0 Å². The zero-order chi connectivity index (χ0) is 9.14. The molecule has 0 fully saturated rings. The number of carbonyl (C=O) groups is 2. The summed E-state index contributed by atoms with van der Waals surface area (Å²) in [5, 5.41) is 0. The first kappa shape index (κ1) is 8.52. The van der Waals surface area contributed by atoms with Crippen molar-refractivity contribution in [1.29, 1.82) is 0 Å². The lowest BCUT2D eigenvalue weighted by Gasteiger charge is -2.09. The highest BCUT2D eigenvalue weighted by Crippen LogP contribution is 1.98. The summed E-state index contributed by atoms with van der Waals surface area (Å²) in [7, 11) is 3.31. The van der Waals surface area contributed by atoms with Crippen molar-refractivity contribution in [3.8, 4) is 0 Å². The zero-order valence-electron chi connectivity index (χ0n) is 7.02. The quantitative estimate of drug-likeness (QED) is 0.580. The molecule has 0 spiro atoms. The minimum atomic E-state index is -0.164. The van der Waals surface area contributed by atoms with Gasteiger partial charge in [0, 0.05) is 32.1 Å². The van der Waals surface area contributed by atoms with Crippen molar-refractivity contribution in [3.63, 3.8) is 0 Å². The highest BCUT2D eigenvalue weighted by molar-refractivity contribution is 5.80. The fourth-order valence-electron chi connectivity index (χ4n) is 0.833. The predicted octanol–water partition coefficient (Wildman–Crippen LogP) is 0.830.